The molecule has 1 rings (SSSR count). The van der Waals surface area contributed by atoms with E-state index >= 15 is 0 Å². The van der Waals surface area contributed by atoms with Gasteiger partial charge >= 0.3 is 5.97 Å². The molecule has 0 bridgehead atoms. The van der Waals surface area contributed by atoms with Crippen LogP contribution >= 0.6 is 0 Å². The van der Waals surface area contributed by atoms with Crippen LogP contribution in [-0.2, 0) is 4.79 Å². The molecule has 0 saturated carbocycles. The largest absolute Gasteiger partial charge is 0.480 e. The van der Waals surface area contributed by atoms with Gasteiger partial charge < -0.3 is 14.9 Å². The SMILES string of the molecule is CC(NC(=O)c1ccno1)C(=O)O. The third kappa shape index (κ3) is 2.29. The highest BCUT2D eigenvalue weighted by Crippen LogP contribution is 1.96. The number of carboxylic acids is 1. The number of carbonyl (C=O) groups is 2. The second-order valence-corrected chi connectivity index (χ2v) is 2.41. The fourth-order valence-corrected chi connectivity index (χ4v) is 0.662. The highest BCUT2D eigenvalue weighted by Gasteiger charge is 2.17. The molecule has 0 aromatic carbocycles. The molecule has 1 amide bonds. The number of hydrogen-bond acceptors (Lipinski definition) is 4. The highest BCUT2D eigenvalue weighted by atomic mass is 16.5. The number of aliphatic carboxylic acids is 1. The van der Waals surface area contributed by atoms with Crippen LogP contribution in [0.2, 0.25) is 0 Å². The fraction of sp³-hybridized carbons (Fsp3) is 0.286. The third-order valence-electron chi connectivity index (χ3n) is 1.38. The maximum Gasteiger partial charge on any atom is 0.325 e. The minimum Gasteiger partial charge on any atom is -0.480 e. The fourth-order valence-electron chi connectivity index (χ4n) is 0.662. The molecule has 2 N–H and O–H groups in total. The number of carboxylic acid groups (broad SMARTS) is 1. The molecule has 1 unspecified atom stereocenters. The average Bonchev–Trinajstić information content (AvgIpc) is 2.55. The molecule has 0 saturated heterocycles. The lowest BCUT2D eigenvalue weighted by Gasteiger charge is -2.05. The molecule has 0 fully saturated rings. The Morgan fingerprint density at radius 2 is 2.38 bits per heavy atom. The maximum absolute atomic E-state index is 11.1. The van der Waals surface area contributed by atoms with Gasteiger partial charge in [-0.1, -0.05) is 5.16 Å². The molecule has 1 aromatic rings. The molecule has 0 radical (unpaired) electrons. The van der Waals surface area contributed by atoms with Gasteiger partial charge in [0.1, 0.15) is 6.04 Å². The molecule has 1 aromatic heterocycles. The van der Waals surface area contributed by atoms with Crippen molar-refractivity contribution in [3.63, 3.8) is 0 Å². The summed E-state index contributed by atoms with van der Waals surface area (Å²) < 4.78 is 4.52. The molecule has 1 atom stereocenters. The minimum absolute atomic E-state index is 0.00639. The third-order valence-corrected chi connectivity index (χ3v) is 1.38. The molecular formula is C7H8N2O4. The quantitative estimate of drug-likeness (QED) is 0.683. The van der Waals surface area contributed by atoms with Crippen LogP contribution in [-0.4, -0.2) is 28.2 Å². The number of nitrogens with one attached hydrogen (secondary N) is 1. The van der Waals surface area contributed by atoms with Gasteiger partial charge in [-0.15, -0.1) is 0 Å². The first-order valence-electron chi connectivity index (χ1n) is 3.55. The Kier molecular flexibility index (Phi) is 2.63. The number of rotatable bonds is 3. The Morgan fingerprint density at radius 1 is 1.69 bits per heavy atom. The van der Waals surface area contributed by atoms with Gasteiger partial charge in [0.05, 0.1) is 6.20 Å². The second kappa shape index (κ2) is 3.70. The van der Waals surface area contributed by atoms with Crippen LogP contribution in [0.5, 0.6) is 0 Å². The van der Waals surface area contributed by atoms with Crippen LogP contribution in [0.25, 0.3) is 0 Å². The van der Waals surface area contributed by atoms with E-state index in [0.29, 0.717) is 0 Å². The number of amides is 1. The number of aromatic nitrogens is 1. The predicted octanol–water partition coefficient (Wildman–Crippen LogP) is -0.123. The standard InChI is InChI=1S/C7H8N2O4/c1-4(7(11)12)9-6(10)5-2-3-8-13-5/h2-4H,1H3,(H,9,10)(H,11,12). The van der Waals surface area contributed by atoms with E-state index < -0.39 is 17.9 Å². The number of hydrogen-bond donors (Lipinski definition) is 2. The van der Waals surface area contributed by atoms with Gasteiger partial charge in [-0.25, -0.2) is 0 Å². The normalized spacial score (nSPS) is 12.1. The summed E-state index contributed by atoms with van der Waals surface area (Å²) in [5.74, 6) is -1.70. The number of carbonyl (C=O) groups excluding carboxylic acids is 1. The van der Waals surface area contributed by atoms with Crippen molar-refractivity contribution in [2.75, 3.05) is 0 Å². The van der Waals surface area contributed by atoms with E-state index in [-0.39, 0.29) is 5.76 Å². The van der Waals surface area contributed by atoms with E-state index in [0.717, 1.165) is 0 Å². The first kappa shape index (κ1) is 9.24. The van der Waals surface area contributed by atoms with E-state index in [1.807, 2.05) is 0 Å². The first-order chi connectivity index (χ1) is 6.11. The molecule has 6 nitrogen and oxygen atoms in total. The number of nitrogens with zero attached hydrogens (tertiary/aromatic N) is 1. The molecule has 70 valence electrons. The van der Waals surface area contributed by atoms with Gasteiger partial charge in [0.25, 0.3) is 5.91 Å². The van der Waals surface area contributed by atoms with Crippen LogP contribution in [0.4, 0.5) is 0 Å². The maximum atomic E-state index is 11.1. The molecule has 0 aliphatic carbocycles. The lowest BCUT2D eigenvalue weighted by molar-refractivity contribution is -0.138. The summed E-state index contributed by atoms with van der Waals surface area (Å²) >= 11 is 0. The average molecular weight is 184 g/mol. The second-order valence-electron chi connectivity index (χ2n) is 2.41. The van der Waals surface area contributed by atoms with Crippen LogP contribution in [0.3, 0.4) is 0 Å². The van der Waals surface area contributed by atoms with Gasteiger partial charge in [-0.05, 0) is 6.92 Å². The van der Waals surface area contributed by atoms with Gasteiger partial charge in [0, 0.05) is 6.07 Å². The lowest BCUT2D eigenvalue weighted by Crippen LogP contribution is -2.38. The van der Waals surface area contributed by atoms with Crippen molar-refractivity contribution in [3.05, 3.63) is 18.0 Å². The summed E-state index contributed by atoms with van der Waals surface area (Å²) in [6, 6.07) is 0.404. The first-order valence-corrected chi connectivity index (χ1v) is 3.55. The van der Waals surface area contributed by atoms with Crippen molar-refractivity contribution in [2.45, 2.75) is 13.0 Å². The summed E-state index contributed by atoms with van der Waals surface area (Å²) in [5, 5.41) is 14.0. The summed E-state index contributed by atoms with van der Waals surface area (Å²) in [5.41, 5.74) is 0. The molecule has 0 spiro atoms. The Hall–Kier alpha value is -1.85. The molecule has 13 heavy (non-hydrogen) atoms. The molecule has 1 heterocycles. The van der Waals surface area contributed by atoms with Gasteiger partial charge in [-0.2, -0.15) is 0 Å². The minimum atomic E-state index is -1.10. The van der Waals surface area contributed by atoms with Gasteiger partial charge in [0.2, 0.25) is 5.76 Å². The molecule has 0 aliphatic heterocycles. The van der Waals surface area contributed by atoms with Crippen molar-refractivity contribution >= 4 is 11.9 Å². The van der Waals surface area contributed by atoms with Crippen LogP contribution in [0, 0.1) is 0 Å². The lowest BCUT2D eigenvalue weighted by atomic mass is 10.3. The van der Waals surface area contributed by atoms with E-state index in [2.05, 4.69) is 15.0 Å². The highest BCUT2D eigenvalue weighted by molar-refractivity contribution is 5.93. The van der Waals surface area contributed by atoms with Crippen LogP contribution < -0.4 is 5.32 Å². The Balaban J connectivity index is 2.56. The monoisotopic (exact) mass is 184 g/mol. The molecular weight excluding hydrogens is 176 g/mol. The van der Waals surface area contributed by atoms with E-state index in [1.165, 1.54) is 19.2 Å². The molecule has 0 aliphatic rings. The van der Waals surface area contributed by atoms with Crippen molar-refractivity contribution < 1.29 is 19.2 Å². The van der Waals surface area contributed by atoms with E-state index in [9.17, 15) is 9.59 Å². The predicted molar refractivity (Wildman–Crippen MR) is 41.1 cm³/mol. The molecule has 6 heteroatoms. The zero-order chi connectivity index (χ0) is 9.84. The van der Waals surface area contributed by atoms with Crippen LogP contribution in [0.15, 0.2) is 16.8 Å². The van der Waals surface area contributed by atoms with E-state index in [1.54, 1.807) is 0 Å². The summed E-state index contributed by atoms with van der Waals surface area (Å²) in [6.45, 7) is 1.36. The smallest absolute Gasteiger partial charge is 0.325 e. The van der Waals surface area contributed by atoms with Crippen molar-refractivity contribution in [3.8, 4) is 0 Å². The van der Waals surface area contributed by atoms with Crippen LogP contribution in [0.1, 0.15) is 17.5 Å². The zero-order valence-electron chi connectivity index (χ0n) is 6.85. The van der Waals surface area contributed by atoms with Crippen molar-refractivity contribution in [1.29, 1.82) is 0 Å². The summed E-state index contributed by atoms with van der Waals surface area (Å²) in [6.07, 6.45) is 1.31. The summed E-state index contributed by atoms with van der Waals surface area (Å²) in [4.78, 5) is 21.5. The zero-order valence-corrected chi connectivity index (χ0v) is 6.85. The van der Waals surface area contributed by atoms with E-state index in [4.69, 9.17) is 5.11 Å². The Labute approximate surface area is 73.5 Å². The van der Waals surface area contributed by atoms with Gasteiger partial charge in [0.15, 0.2) is 0 Å². The topological polar surface area (TPSA) is 92.4 Å². The van der Waals surface area contributed by atoms with Crippen molar-refractivity contribution in [2.24, 2.45) is 0 Å². The Morgan fingerprint density at radius 3 is 2.85 bits per heavy atom. The Bertz CT molecular complexity index is 306. The summed E-state index contributed by atoms with van der Waals surface area (Å²) in [7, 11) is 0. The van der Waals surface area contributed by atoms with Gasteiger partial charge in [-0.3, -0.25) is 9.59 Å². The van der Waals surface area contributed by atoms with Crippen molar-refractivity contribution in [1.82, 2.24) is 10.5 Å².